The predicted molar refractivity (Wildman–Crippen MR) is 73.2 cm³/mol. The first-order chi connectivity index (χ1) is 9.24. The average Bonchev–Trinajstić information content (AvgIpc) is 2.94. The maximum absolute atomic E-state index is 11.6. The molecular weight excluding hydrogens is 264 g/mol. The largest absolute Gasteiger partial charge is 0.497 e. The number of hydrogen-bond donors (Lipinski definition) is 1. The van der Waals surface area contributed by atoms with Crippen molar-refractivity contribution < 1.29 is 14.4 Å². The predicted octanol–water partition coefficient (Wildman–Crippen LogP) is 2.50. The standard InChI is InChI=1S/C13H14N2O3S/c1-3-18-15-12(16)11-8-19-13(14-11)9-4-6-10(17-2)7-5-9/h4-8H,3H2,1-2H3,(H,15,16). The van der Waals surface area contributed by atoms with Gasteiger partial charge in [-0.05, 0) is 31.2 Å². The highest BCUT2D eigenvalue weighted by Gasteiger charge is 2.11. The SMILES string of the molecule is CCONC(=O)c1csc(-c2ccc(OC)cc2)n1. The normalized spacial score (nSPS) is 10.2. The van der Waals surface area contributed by atoms with Gasteiger partial charge in [-0.1, -0.05) is 0 Å². The Morgan fingerprint density at radius 3 is 2.74 bits per heavy atom. The summed E-state index contributed by atoms with van der Waals surface area (Å²) in [6, 6.07) is 7.52. The first-order valence-corrected chi connectivity index (χ1v) is 6.64. The quantitative estimate of drug-likeness (QED) is 0.854. The fourth-order valence-electron chi connectivity index (χ4n) is 1.43. The van der Waals surface area contributed by atoms with Gasteiger partial charge in [0.15, 0.2) is 0 Å². The van der Waals surface area contributed by atoms with Gasteiger partial charge in [-0.25, -0.2) is 10.5 Å². The molecular formula is C13H14N2O3S. The van der Waals surface area contributed by atoms with Gasteiger partial charge in [0.25, 0.3) is 5.91 Å². The van der Waals surface area contributed by atoms with E-state index >= 15 is 0 Å². The van der Waals surface area contributed by atoms with Crippen LogP contribution in [-0.2, 0) is 4.84 Å². The van der Waals surface area contributed by atoms with Crippen LogP contribution in [0.5, 0.6) is 5.75 Å². The number of carbonyl (C=O) groups is 1. The van der Waals surface area contributed by atoms with Crippen molar-refractivity contribution in [3.63, 3.8) is 0 Å². The van der Waals surface area contributed by atoms with Crippen LogP contribution in [0.4, 0.5) is 0 Å². The van der Waals surface area contributed by atoms with Crippen molar-refractivity contribution in [2.45, 2.75) is 6.92 Å². The Morgan fingerprint density at radius 2 is 2.11 bits per heavy atom. The van der Waals surface area contributed by atoms with Crippen molar-refractivity contribution in [2.24, 2.45) is 0 Å². The van der Waals surface area contributed by atoms with Gasteiger partial charge in [0.1, 0.15) is 16.5 Å². The van der Waals surface area contributed by atoms with E-state index in [-0.39, 0.29) is 5.91 Å². The molecule has 0 saturated carbocycles. The highest BCUT2D eigenvalue weighted by molar-refractivity contribution is 7.13. The summed E-state index contributed by atoms with van der Waals surface area (Å²) in [5.41, 5.74) is 3.61. The molecule has 1 amide bonds. The van der Waals surface area contributed by atoms with Crippen molar-refractivity contribution in [1.29, 1.82) is 0 Å². The van der Waals surface area contributed by atoms with Crippen LogP contribution in [0, 0.1) is 0 Å². The Kier molecular flexibility index (Phi) is 4.48. The Bertz CT molecular complexity index is 551. The third-order valence-electron chi connectivity index (χ3n) is 2.38. The van der Waals surface area contributed by atoms with Gasteiger partial charge < -0.3 is 4.74 Å². The van der Waals surface area contributed by atoms with E-state index < -0.39 is 0 Å². The van der Waals surface area contributed by atoms with E-state index in [0.717, 1.165) is 16.3 Å². The van der Waals surface area contributed by atoms with Crippen LogP contribution in [0.15, 0.2) is 29.6 Å². The van der Waals surface area contributed by atoms with E-state index in [9.17, 15) is 4.79 Å². The number of amides is 1. The number of nitrogens with zero attached hydrogens (tertiary/aromatic N) is 1. The molecule has 100 valence electrons. The molecule has 0 saturated heterocycles. The highest BCUT2D eigenvalue weighted by Crippen LogP contribution is 2.25. The zero-order valence-electron chi connectivity index (χ0n) is 10.7. The molecule has 0 radical (unpaired) electrons. The number of carbonyl (C=O) groups excluding carboxylic acids is 1. The summed E-state index contributed by atoms with van der Waals surface area (Å²) in [6.07, 6.45) is 0. The minimum absolute atomic E-state index is 0.335. The van der Waals surface area contributed by atoms with Crippen molar-refractivity contribution in [2.75, 3.05) is 13.7 Å². The summed E-state index contributed by atoms with van der Waals surface area (Å²) >= 11 is 1.41. The van der Waals surface area contributed by atoms with E-state index in [1.807, 2.05) is 24.3 Å². The number of hydroxylamine groups is 1. The molecule has 19 heavy (non-hydrogen) atoms. The fraction of sp³-hybridized carbons (Fsp3) is 0.231. The minimum atomic E-state index is -0.335. The lowest BCUT2D eigenvalue weighted by atomic mass is 10.2. The van der Waals surface area contributed by atoms with Crippen molar-refractivity contribution >= 4 is 17.2 Å². The monoisotopic (exact) mass is 278 g/mol. The summed E-state index contributed by atoms with van der Waals surface area (Å²) in [4.78, 5) is 20.8. The smallest absolute Gasteiger partial charge is 0.294 e. The molecule has 1 aromatic heterocycles. The molecule has 6 heteroatoms. The number of thiazole rings is 1. The third kappa shape index (κ3) is 3.30. The Balaban J connectivity index is 2.13. The maximum atomic E-state index is 11.6. The van der Waals surface area contributed by atoms with Gasteiger partial charge in [-0.15, -0.1) is 11.3 Å². The Morgan fingerprint density at radius 1 is 1.37 bits per heavy atom. The zero-order chi connectivity index (χ0) is 13.7. The van der Waals surface area contributed by atoms with Gasteiger partial charge in [-0.2, -0.15) is 0 Å². The van der Waals surface area contributed by atoms with Gasteiger partial charge in [-0.3, -0.25) is 9.63 Å². The molecule has 1 aromatic carbocycles. The lowest BCUT2D eigenvalue weighted by Gasteiger charge is -2.01. The summed E-state index contributed by atoms with van der Waals surface area (Å²) in [6.45, 7) is 2.21. The Hall–Kier alpha value is -1.92. The minimum Gasteiger partial charge on any atom is -0.497 e. The molecule has 0 bridgehead atoms. The van der Waals surface area contributed by atoms with E-state index in [1.165, 1.54) is 11.3 Å². The maximum Gasteiger partial charge on any atom is 0.294 e. The number of nitrogens with one attached hydrogen (secondary N) is 1. The lowest BCUT2D eigenvalue weighted by molar-refractivity contribution is 0.0360. The Labute approximate surface area is 115 Å². The summed E-state index contributed by atoms with van der Waals surface area (Å²) in [5, 5.41) is 2.48. The molecule has 0 aliphatic rings. The van der Waals surface area contributed by atoms with Gasteiger partial charge in [0.2, 0.25) is 0 Å². The molecule has 0 aliphatic carbocycles. The van der Waals surface area contributed by atoms with Crippen LogP contribution < -0.4 is 10.2 Å². The molecule has 2 rings (SSSR count). The molecule has 2 aromatic rings. The molecule has 0 fully saturated rings. The topological polar surface area (TPSA) is 60.5 Å². The van der Waals surface area contributed by atoms with Crippen LogP contribution in [0.2, 0.25) is 0 Å². The lowest BCUT2D eigenvalue weighted by Crippen LogP contribution is -2.23. The molecule has 1 N–H and O–H groups in total. The van der Waals surface area contributed by atoms with Gasteiger partial charge in [0.05, 0.1) is 13.7 Å². The van der Waals surface area contributed by atoms with E-state index in [0.29, 0.717) is 12.3 Å². The number of methoxy groups -OCH3 is 1. The first kappa shape index (κ1) is 13.5. The van der Waals surface area contributed by atoms with Crippen molar-refractivity contribution in [1.82, 2.24) is 10.5 Å². The van der Waals surface area contributed by atoms with Crippen LogP contribution >= 0.6 is 11.3 Å². The number of hydrogen-bond acceptors (Lipinski definition) is 5. The highest BCUT2D eigenvalue weighted by atomic mass is 32.1. The van der Waals surface area contributed by atoms with Gasteiger partial charge in [0, 0.05) is 10.9 Å². The van der Waals surface area contributed by atoms with Gasteiger partial charge >= 0.3 is 0 Å². The van der Waals surface area contributed by atoms with Crippen LogP contribution in [0.1, 0.15) is 17.4 Å². The number of ether oxygens (including phenoxy) is 1. The summed E-state index contributed by atoms with van der Waals surface area (Å²) in [5.74, 6) is 0.451. The molecule has 5 nitrogen and oxygen atoms in total. The third-order valence-corrected chi connectivity index (χ3v) is 3.27. The number of rotatable bonds is 5. The van der Waals surface area contributed by atoms with Crippen LogP contribution in [0.25, 0.3) is 10.6 Å². The second-order valence-corrected chi connectivity index (χ2v) is 4.49. The van der Waals surface area contributed by atoms with Crippen molar-refractivity contribution in [3.8, 4) is 16.3 Å². The first-order valence-electron chi connectivity index (χ1n) is 5.76. The van der Waals surface area contributed by atoms with E-state index in [4.69, 9.17) is 9.57 Å². The van der Waals surface area contributed by atoms with Crippen molar-refractivity contribution in [3.05, 3.63) is 35.3 Å². The number of aromatic nitrogens is 1. The zero-order valence-corrected chi connectivity index (χ0v) is 11.5. The average molecular weight is 278 g/mol. The van der Waals surface area contributed by atoms with E-state index in [2.05, 4.69) is 10.5 Å². The van der Waals surface area contributed by atoms with E-state index in [1.54, 1.807) is 19.4 Å². The second-order valence-electron chi connectivity index (χ2n) is 3.63. The molecule has 0 spiro atoms. The molecule has 0 unspecified atom stereocenters. The molecule has 0 atom stereocenters. The van der Waals surface area contributed by atoms with Crippen LogP contribution in [0.3, 0.4) is 0 Å². The fourth-order valence-corrected chi connectivity index (χ4v) is 2.24. The molecule has 0 aliphatic heterocycles. The number of benzene rings is 1. The summed E-state index contributed by atoms with van der Waals surface area (Å²) < 4.78 is 5.10. The summed E-state index contributed by atoms with van der Waals surface area (Å²) in [7, 11) is 1.62. The second kappa shape index (κ2) is 6.31. The molecule has 1 heterocycles. The van der Waals surface area contributed by atoms with Crippen LogP contribution in [-0.4, -0.2) is 24.6 Å².